The first-order chi connectivity index (χ1) is 29.5. The van der Waals surface area contributed by atoms with E-state index in [1.165, 1.54) is 231 Å². The Morgan fingerprint density at radius 1 is 0.400 bits per heavy atom. The molecule has 0 aromatic heterocycles. The van der Waals surface area contributed by atoms with Gasteiger partial charge in [0.1, 0.15) is 12.2 Å². The Hall–Kier alpha value is -0.950. The molecule has 6 nitrogen and oxygen atoms in total. The summed E-state index contributed by atoms with van der Waals surface area (Å²) >= 11 is 0. The van der Waals surface area contributed by atoms with E-state index in [2.05, 4.69) is 31.3 Å². The Morgan fingerprint density at radius 2 is 0.683 bits per heavy atom. The van der Waals surface area contributed by atoms with Crippen LogP contribution in [0, 0.1) is 0 Å². The molecule has 0 heterocycles. The van der Waals surface area contributed by atoms with Crippen LogP contribution in [0.25, 0.3) is 0 Å². The van der Waals surface area contributed by atoms with Crippen LogP contribution >= 0.6 is 0 Å². The van der Waals surface area contributed by atoms with E-state index in [0.717, 1.165) is 38.5 Å². The van der Waals surface area contributed by atoms with Crippen molar-refractivity contribution in [3.63, 3.8) is 0 Å². The highest BCUT2D eigenvalue weighted by atomic mass is 16.3. The highest BCUT2D eigenvalue weighted by Gasteiger charge is 2.28. The first-order valence-corrected chi connectivity index (χ1v) is 27.1. The first-order valence-electron chi connectivity index (χ1n) is 27.1. The Bertz CT molecular complexity index is 867. The third kappa shape index (κ3) is 42.4. The average molecular weight is 850 g/mol. The second-order valence-electron chi connectivity index (χ2n) is 18.9. The van der Waals surface area contributed by atoms with E-state index in [4.69, 9.17) is 0 Å². The molecule has 0 bridgehead atoms. The Morgan fingerprint density at radius 3 is 1.00 bits per heavy atom. The number of carbonyl (C=O) groups is 1. The number of hydrogen-bond donors (Lipinski definition) is 5. The topological polar surface area (TPSA) is 110 Å². The highest BCUT2D eigenvalue weighted by molar-refractivity contribution is 5.80. The number of amides is 1. The standard InChI is InChI=1S/C54H107NO5/c1-3-5-7-9-11-13-15-17-18-19-20-21-22-23-24-25-26-27-28-29-30-31-32-33-34-36-37-39-41-43-45-47-51(57)53(59)50(49-56)55-54(60)52(58)48-46-44-42-40-38-35-16-14-12-10-8-6-4-2/h39,41,50-53,56-59H,3-38,40,42-49H2,1-2H3,(H,55,60)/b41-39+. The van der Waals surface area contributed by atoms with Crippen LogP contribution in [0.5, 0.6) is 0 Å². The van der Waals surface area contributed by atoms with Gasteiger partial charge in [0.05, 0.1) is 18.8 Å². The van der Waals surface area contributed by atoms with Gasteiger partial charge in [-0.15, -0.1) is 0 Å². The molecule has 1 amide bonds. The number of unbranched alkanes of at least 4 members (excludes halogenated alkanes) is 39. The van der Waals surface area contributed by atoms with Crippen LogP contribution in [-0.2, 0) is 4.79 Å². The zero-order valence-electron chi connectivity index (χ0n) is 40.5. The lowest BCUT2D eigenvalue weighted by molar-refractivity contribution is -0.132. The van der Waals surface area contributed by atoms with Gasteiger partial charge in [-0.25, -0.2) is 0 Å². The normalized spacial score (nSPS) is 13.9. The van der Waals surface area contributed by atoms with E-state index >= 15 is 0 Å². The zero-order chi connectivity index (χ0) is 43.8. The molecule has 5 N–H and O–H groups in total. The highest BCUT2D eigenvalue weighted by Crippen LogP contribution is 2.18. The molecule has 0 fully saturated rings. The molecule has 0 aliphatic heterocycles. The molecule has 4 unspecified atom stereocenters. The van der Waals surface area contributed by atoms with E-state index in [0.29, 0.717) is 12.8 Å². The number of carbonyl (C=O) groups excluding carboxylic acids is 1. The lowest BCUT2D eigenvalue weighted by atomic mass is 10.00. The van der Waals surface area contributed by atoms with Crippen LogP contribution < -0.4 is 5.32 Å². The molecule has 4 atom stereocenters. The van der Waals surface area contributed by atoms with Gasteiger partial charge in [-0.1, -0.05) is 270 Å². The average Bonchev–Trinajstić information content (AvgIpc) is 3.25. The lowest BCUT2D eigenvalue weighted by Crippen LogP contribution is -2.53. The molecule has 0 aromatic carbocycles. The maximum Gasteiger partial charge on any atom is 0.249 e. The number of rotatable bonds is 50. The van der Waals surface area contributed by atoms with Crippen molar-refractivity contribution in [2.45, 2.75) is 321 Å². The Kier molecular flexibility index (Phi) is 48.3. The largest absolute Gasteiger partial charge is 0.394 e. The predicted octanol–water partition coefficient (Wildman–Crippen LogP) is 15.3. The number of aliphatic hydroxyl groups is 4. The van der Waals surface area contributed by atoms with Crippen LogP contribution in [0.15, 0.2) is 12.2 Å². The maximum absolute atomic E-state index is 12.5. The maximum atomic E-state index is 12.5. The van der Waals surface area contributed by atoms with Gasteiger partial charge in [0.2, 0.25) is 5.91 Å². The lowest BCUT2D eigenvalue weighted by Gasteiger charge is -2.27. The number of aliphatic hydroxyl groups excluding tert-OH is 4. The fraction of sp³-hybridized carbons (Fsp3) is 0.944. The summed E-state index contributed by atoms with van der Waals surface area (Å²) in [5, 5.41) is 43.8. The van der Waals surface area contributed by atoms with E-state index < -0.39 is 36.9 Å². The minimum absolute atomic E-state index is 0.367. The van der Waals surface area contributed by atoms with Crippen molar-refractivity contribution in [3.8, 4) is 0 Å². The molecule has 6 heteroatoms. The molecule has 0 spiro atoms. The van der Waals surface area contributed by atoms with Crippen molar-refractivity contribution < 1.29 is 25.2 Å². The van der Waals surface area contributed by atoms with Crippen molar-refractivity contribution in [1.82, 2.24) is 5.32 Å². The van der Waals surface area contributed by atoms with Crippen molar-refractivity contribution in [2.75, 3.05) is 6.61 Å². The SMILES string of the molecule is CCCCCCCCCCCCCCCCCCCCCCCCCCCC/C=C/CCCC(O)C(O)C(CO)NC(=O)C(O)CCCCCCCCCCCCCCC. The summed E-state index contributed by atoms with van der Waals surface area (Å²) in [5.41, 5.74) is 0. The molecule has 0 radical (unpaired) electrons. The zero-order valence-corrected chi connectivity index (χ0v) is 40.5. The van der Waals surface area contributed by atoms with Crippen molar-refractivity contribution >= 4 is 5.91 Å². The van der Waals surface area contributed by atoms with E-state index in [9.17, 15) is 25.2 Å². The van der Waals surface area contributed by atoms with Crippen molar-refractivity contribution in [2.24, 2.45) is 0 Å². The molecule has 60 heavy (non-hydrogen) atoms. The van der Waals surface area contributed by atoms with E-state index in [-0.39, 0.29) is 0 Å². The fourth-order valence-electron chi connectivity index (χ4n) is 8.70. The van der Waals surface area contributed by atoms with Crippen LogP contribution in [0.2, 0.25) is 0 Å². The first kappa shape index (κ1) is 59.0. The molecule has 0 saturated heterocycles. The monoisotopic (exact) mass is 850 g/mol. The smallest absolute Gasteiger partial charge is 0.249 e. The number of allylic oxidation sites excluding steroid dienone is 2. The molecule has 0 aromatic rings. The molecule has 358 valence electrons. The minimum atomic E-state index is -1.28. The third-order valence-electron chi connectivity index (χ3n) is 13.0. The van der Waals surface area contributed by atoms with Gasteiger partial charge >= 0.3 is 0 Å². The van der Waals surface area contributed by atoms with Gasteiger partial charge in [0, 0.05) is 0 Å². The summed E-state index contributed by atoms with van der Waals surface area (Å²) in [4.78, 5) is 12.5. The van der Waals surface area contributed by atoms with E-state index in [1.807, 2.05) is 0 Å². The minimum Gasteiger partial charge on any atom is -0.394 e. The Balaban J connectivity index is 3.58. The summed E-state index contributed by atoms with van der Waals surface area (Å²) in [7, 11) is 0. The Labute approximate surface area is 374 Å². The summed E-state index contributed by atoms with van der Waals surface area (Å²) in [6, 6.07) is -0.997. The summed E-state index contributed by atoms with van der Waals surface area (Å²) in [5.74, 6) is -0.590. The van der Waals surface area contributed by atoms with Crippen LogP contribution in [0.4, 0.5) is 0 Å². The second-order valence-corrected chi connectivity index (χ2v) is 18.9. The summed E-state index contributed by atoms with van der Waals surface area (Å²) in [6.45, 7) is 4.06. The number of hydrogen-bond acceptors (Lipinski definition) is 5. The third-order valence-corrected chi connectivity index (χ3v) is 13.0. The van der Waals surface area contributed by atoms with Gasteiger partial charge < -0.3 is 25.7 Å². The molecule has 0 aliphatic carbocycles. The van der Waals surface area contributed by atoms with Crippen molar-refractivity contribution in [1.29, 1.82) is 0 Å². The van der Waals surface area contributed by atoms with Gasteiger partial charge in [-0.05, 0) is 38.5 Å². The molecule has 0 saturated carbocycles. The van der Waals surface area contributed by atoms with Crippen LogP contribution in [0.1, 0.15) is 296 Å². The molecular formula is C54H107NO5. The number of nitrogens with one attached hydrogen (secondary N) is 1. The fourth-order valence-corrected chi connectivity index (χ4v) is 8.70. The summed E-state index contributed by atoms with van der Waals surface area (Å²) in [6.07, 6.45) is 57.2. The van der Waals surface area contributed by atoms with Gasteiger partial charge in [0.25, 0.3) is 0 Å². The van der Waals surface area contributed by atoms with E-state index in [1.54, 1.807) is 0 Å². The van der Waals surface area contributed by atoms with Crippen LogP contribution in [-0.4, -0.2) is 57.3 Å². The van der Waals surface area contributed by atoms with Crippen LogP contribution in [0.3, 0.4) is 0 Å². The molecular weight excluding hydrogens is 743 g/mol. The quantitative estimate of drug-likeness (QED) is 0.0309. The van der Waals surface area contributed by atoms with Crippen molar-refractivity contribution in [3.05, 3.63) is 12.2 Å². The molecule has 0 aliphatic rings. The van der Waals surface area contributed by atoms with Gasteiger partial charge in [-0.2, -0.15) is 0 Å². The predicted molar refractivity (Wildman–Crippen MR) is 261 cm³/mol. The van der Waals surface area contributed by atoms with Gasteiger partial charge in [-0.3, -0.25) is 4.79 Å². The second kappa shape index (κ2) is 49.1. The summed E-state index contributed by atoms with van der Waals surface area (Å²) < 4.78 is 0. The molecule has 0 rings (SSSR count). The van der Waals surface area contributed by atoms with Gasteiger partial charge in [0.15, 0.2) is 0 Å².